The second-order valence-corrected chi connectivity index (χ2v) is 7.01. The standard InChI is InChI=1S/C20H21N3O4S/c24-17-6-3-15(4-7-17)12-14-2-1-10-22(11-9-14)20(28)21-18-8-5-16(23(26)27)13-19(18)25/h2-8,13,24-25H,1,9-12H2,(H,21,28). The Bertz CT molecular complexity index is 912. The van der Waals surface area contributed by atoms with Gasteiger partial charge in [-0.1, -0.05) is 23.8 Å². The van der Waals surface area contributed by atoms with Crippen LogP contribution in [0.1, 0.15) is 18.4 Å². The lowest BCUT2D eigenvalue weighted by Crippen LogP contribution is -2.35. The fraction of sp³-hybridized carbons (Fsp3) is 0.250. The van der Waals surface area contributed by atoms with Crippen molar-refractivity contribution >= 4 is 28.7 Å². The predicted molar refractivity (Wildman–Crippen MR) is 112 cm³/mol. The molecule has 0 aliphatic carbocycles. The van der Waals surface area contributed by atoms with Gasteiger partial charge in [-0.2, -0.15) is 0 Å². The van der Waals surface area contributed by atoms with Gasteiger partial charge in [0.1, 0.15) is 11.5 Å². The van der Waals surface area contributed by atoms with Crippen molar-refractivity contribution < 1.29 is 15.1 Å². The molecule has 2 aromatic rings. The van der Waals surface area contributed by atoms with E-state index in [9.17, 15) is 20.3 Å². The third-order valence-corrected chi connectivity index (χ3v) is 4.98. The maximum atomic E-state index is 10.8. The van der Waals surface area contributed by atoms with E-state index in [-0.39, 0.29) is 17.2 Å². The molecule has 2 aromatic carbocycles. The fourth-order valence-corrected chi connectivity index (χ4v) is 3.38. The van der Waals surface area contributed by atoms with Gasteiger partial charge in [-0.15, -0.1) is 0 Å². The number of hydrogen-bond donors (Lipinski definition) is 3. The van der Waals surface area contributed by atoms with Crippen LogP contribution in [0.15, 0.2) is 54.1 Å². The van der Waals surface area contributed by atoms with Crippen LogP contribution >= 0.6 is 12.2 Å². The molecule has 0 saturated heterocycles. The number of non-ortho nitro benzene ring substituents is 1. The summed E-state index contributed by atoms with van der Waals surface area (Å²) in [4.78, 5) is 12.2. The van der Waals surface area contributed by atoms with Crippen LogP contribution in [-0.2, 0) is 6.42 Å². The van der Waals surface area contributed by atoms with Gasteiger partial charge in [-0.05, 0) is 55.2 Å². The average molecular weight is 399 g/mol. The maximum absolute atomic E-state index is 10.8. The first-order valence-electron chi connectivity index (χ1n) is 8.91. The van der Waals surface area contributed by atoms with Gasteiger partial charge in [0.25, 0.3) is 5.69 Å². The first-order chi connectivity index (χ1) is 13.4. The number of rotatable bonds is 4. The summed E-state index contributed by atoms with van der Waals surface area (Å²) in [6.45, 7) is 1.49. The van der Waals surface area contributed by atoms with E-state index in [2.05, 4.69) is 11.4 Å². The number of nitrogens with one attached hydrogen (secondary N) is 1. The minimum absolute atomic E-state index is 0.174. The molecule has 0 radical (unpaired) electrons. The van der Waals surface area contributed by atoms with Crippen molar-refractivity contribution in [2.24, 2.45) is 0 Å². The molecule has 1 heterocycles. The number of phenols is 2. The zero-order chi connectivity index (χ0) is 20.1. The van der Waals surface area contributed by atoms with Gasteiger partial charge < -0.3 is 20.4 Å². The van der Waals surface area contributed by atoms with Gasteiger partial charge in [0.15, 0.2) is 5.11 Å². The Morgan fingerprint density at radius 2 is 1.93 bits per heavy atom. The molecule has 0 spiro atoms. The van der Waals surface area contributed by atoms with E-state index in [0.29, 0.717) is 10.8 Å². The summed E-state index contributed by atoms with van der Waals surface area (Å²) in [6, 6.07) is 11.1. The van der Waals surface area contributed by atoms with Crippen molar-refractivity contribution in [1.82, 2.24) is 4.90 Å². The third kappa shape index (κ3) is 4.98. The van der Waals surface area contributed by atoms with E-state index in [4.69, 9.17) is 12.2 Å². The average Bonchev–Trinajstić information content (AvgIpc) is 2.90. The van der Waals surface area contributed by atoms with Gasteiger partial charge in [-0.3, -0.25) is 10.1 Å². The topological polar surface area (TPSA) is 98.9 Å². The molecule has 1 aliphatic heterocycles. The second kappa shape index (κ2) is 8.71. The molecule has 3 rings (SSSR count). The zero-order valence-corrected chi connectivity index (χ0v) is 16.0. The highest BCUT2D eigenvalue weighted by Crippen LogP contribution is 2.28. The number of thiocarbonyl (C=S) groups is 1. The van der Waals surface area contributed by atoms with E-state index in [1.54, 1.807) is 12.1 Å². The molecule has 146 valence electrons. The van der Waals surface area contributed by atoms with Crippen LogP contribution in [0.3, 0.4) is 0 Å². The zero-order valence-electron chi connectivity index (χ0n) is 15.2. The van der Waals surface area contributed by atoms with Crippen molar-refractivity contribution in [3.8, 4) is 11.5 Å². The number of nitro benzene ring substituents is 1. The Hall–Kier alpha value is -3.13. The summed E-state index contributed by atoms with van der Waals surface area (Å²) in [5, 5.41) is 33.6. The van der Waals surface area contributed by atoms with E-state index in [1.165, 1.54) is 17.7 Å². The SMILES string of the molecule is O=[N+]([O-])c1ccc(NC(=S)N2CCC=C(Cc3ccc(O)cc3)CC2)c(O)c1. The number of aromatic hydroxyl groups is 2. The Balaban J connectivity index is 1.58. The van der Waals surface area contributed by atoms with Crippen LogP contribution in [-0.4, -0.2) is 38.2 Å². The highest BCUT2D eigenvalue weighted by atomic mass is 32.1. The fourth-order valence-electron chi connectivity index (χ4n) is 3.09. The van der Waals surface area contributed by atoms with E-state index < -0.39 is 4.92 Å². The summed E-state index contributed by atoms with van der Waals surface area (Å²) in [5.41, 5.74) is 2.63. The quantitative estimate of drug-likeness (QED) is 0.235. The lowest BCUT2D eigenvalue weighted by Gasteiger charge is -2.24. The minimum atomic E-state index is -0.558. The molecule has 0 unspecified atom stereocenters. The Morgan fingerprint density at radius 3 is 2.61 bits per heavy atom. The number of phenolic OH excluding ortho intramolecular Hbond substituents is 2. The maximum Gasteiger partial charge on any atom is 0.273 e. The first kappa shape index (κ1) is 19.6. The largest absolute Gasteiger partial charge is 0.508 e. The molecule has 0 saturated carbocycles. The van der Waals surface area contributed by atoms with Gasteiger partial charge in [-0.25, -0.2) is 0 Å². The molecular formula is C20H21N3O4S. The van der Waals surface area contributed by atoms with E-state index >= 15 is 0 Å². The molecule has 7 nitrogen and oxygen atoms in total. The van der Waals surface area contributed by atoms with Crippen molar-refractivity contribution in [3.63, 3.8) is 0 Å². The summed E-state index contributed by atoms with van der Waals surface area (Å²) in [5.74, 6) is 0.0493. The number of anilines is 1. The van der Waals surface area contributed by atoms with Crippen LogP contribution in [0, 0.1) is 10.1 Å². The second-order valence-electron chi connectivity index (χ2n) is 6.62. The van der Waals surface area contributed by atoms with Crippen molar-refractivity contribution in [3.05, 3.63) is 69.8 Å². The summed E-state index contributed by atoms with van der Waals surface area (Å²) in [7, 11) is 0. The highest BCUT2D eigenvalue weighted by molar-refractivity contribution is 7.80. The van der Waals surface area contributed by atoms with Crippen LogP contribution < -0.4 is 5.32 Å². The first-order valence-corrected chi connectivity index (χ1v) is 9.32. The molecule has 3 N–H and O–H groups in total. The molecule has 1 aliphatic rings. The molecule has 0 atom stereocenters. The van der Waals surface area contributed by atoms with Gasteiger partial charge in [0, 0.05) is 19.2 Å². The predicted octanol–water partition coefficient (Wildman–Crippen LogP) is 3.97. The number of hydrogen-bond acceptors (Lipinski definition) is 5. The Labute approximate surface area is 168 Å². The van der Waals surface area contributed by atoms with Crippen LogP contribution in [0.5, 0.6) is 11.5 Å². The number of nitro groups is 1. The lowest BCUT2D eigenvalue weighted by molar-refractivity contribution is -0.384. The van der Waals surface area contributed by atoms with E-state index in [1.807, 2.05) is 17.0 Å². The Kier molecular flexibility index (Phi) is 6.10. The molecule has 0 amide bonds. The number of benzene rings is 2. The normalized spacial score (nSPS) is 14.1. The molecule has 0 fully saturated rings. The lowest BCUT2D eigenvalue weighted by atomic mass is 10.0. The molecule has 0 bridgehead atoms. The van der Waals surface area contributed by atoms with E-state index in [0.717, 1.165) is 44.0 Å². The van der Waals surface area contributed by atoms with Crippen LogP contribution in [0.4, 0.5) is 11.4 Å². The summed E-state index contributed by atoms with van der Waals surface area (Å²) >= 11 is 5.46. The van der Waals surface area contributed by atoms with Crippen molar-refractivity contribution in [1.29, 1.82) is 0 Å². The van der Waals surface area contributed by atoms with Crippen LogP contribution in [0.25, 0.3) is 0 Å². The Morgan fingerprint density at radius 1 is 1.18 bits per heavy atom. The number of nitrogens with zero attached hydrogens (tertiary/aromatic N) is 2. The molecular weight excluding hydrogens is 378 g/mol. The summed E-state index contributed by atoms with van der Waals surface area (Å²) < 4.78 is 0. The monoisotopic (exact) mass is 399 g/mol. The highest BCUT2D eigenvalue weighted by Gasteiger charge is 2.16. The van der Waals surface area contributed by atoms with Gasteiger partial charge in [0.2, 0.25) is 0 Å². The van der Waals surface area contributed by atoms with Gasteiger partial charge in [0.05, 0.1) is 16.7 Å². The summed E-state index contributed by atoms with van der Waals surface area (Å²) in [6.07, 6.45) is 4.76. The molecule has 8 heteroatoms. The smallest absolute Gasteiger partial charge is 0.273 e. The van der Waals surface area contributed by atoms with Crippen LogP contribution in [0.2, 0.25) is 0 Å². The van der Waals surface area contributed by atoms with Crippen molar-refractivity contribution in [2.75, 3.05) is 18.4 Å². The molecule has 28 heavy (non-hydrogen) atoms. The molecule has 0 aromatic heterocycles. The minimum Gasteiger partial charge on any atom is -0.508 e. The van der Waals surface area contributed by atoms with Gasteiger partial charge >= 0.3 is 0 Å². The van der Waals surface area contributed by atoms with Crippen molar-refractivity contribution in [2.45, 2.75) is 19.3 Å². The third-order valence-electron chi connectivity index (χ3n) is 4.62.